The molecule has 0 radical (unpaired) electrons. The predicted molar refractivity (Wildman–Crippen MR) is 98.7 cm³/mol. The van der Waals surface area contributed by atoms with Gasteiger partial charge in [-0.2, -0.15) is 0 Å². The molecule has 0 N–H and O–H groups in total. The van der Waals surface area contributed by atoms with Crippen LogP contribution in [0.5, 0.6) is 0 Å². The fourth-order valence-corrected chi connectivity index (χ4v) is 3.94. The average Bonchev–Trinajstić information content (AvgIpc) is 2.97. The summed E-state index contributed by atoms with van der Waals surface area (Å²) in [6.07, 6.45) is 8.07. The first kappa shape index (κ1) is 18.7. The molecular formula is C20H29N3O3. The van der Waals surface area contributed by atoms with Crippen molar-refractivity contribution in [2.75, 3.05) is 19.6 Å². The molecule has 2 fully saturated rings. The van der Waals surface area contributed by atoms with E-state index in [0.717, 1.165) is 31.2 Å². The van der Waals surface area contributed by atoms with Crippen molar-refractivity contribution in [3.8, 4) is 0 Å². The van der Waals surface area contributed by atoms with E-state index in [1.165, 1.54) is 0 Å². The number of piperidine rings is 1. The van der Waals surface area contributed by atoms with Gasteiger partial charge in [-0.3, -0.25) is 9.78 Å². The second kappa shape index (κ2) is 8.06. The first-order valence-corrected chi connectivity index (χ1v) is 9.69. The first-order valence-electron chi connectivity index (χ1n) is 9.69. The number of pyridine rings is 1. The molecule has 0 aromatic carbocycles. The van der Waals surface area contributed by atoms with Crippen molar-refractivity contribution in [2.45, 2.75) is 64.0 Å². The summed E-state index contributed by atoms with van der Waals surface area (Å²) in [5, 5.41) is 0. The number of aryl methyl sites for hydroxylation is 1. The maximum Gasteiger partial charge on any atom is 0.410 e. The molecule has 6 heteroatoms. The highest BCUT2D eigenvalue weighted by atomic mass is 16.6. The van der Waals surface area contributed by atoms with Gasteiger partial charge in [-0.25, -0.2) is 4.79 Å². The van der Waals surface area contributed by atoms with E-state index in [1.54, 1.807) is 6.20 Å². The highest BCUT2D eigenvalue weighted by Crippen LogP contribution is 2.34. The average molecular weight is 359 g/mol. The Kier molecular flexibility index (Phi) is 5.79. The monoisotopic (exact) mass is 359 g/mol. The van der Waals surface area contributed by atoms with Crippen LogP contribution >= 0.6 is 0 Å². The Morgan fingerprint density at radius 2 is 2.15 bits per heavy atom. The third kappa shape index (κ3) is 4.17. The van der Waals surface area contributed by atoms with Crippen LogP contribution in [0.3, 0.4) is 0 Å². The lowest BCUT2D eigenvalue weighted by Crippen LogP contribution is -2.49. The minimum absolute atomic E-state index is 0.171. The molecule has 3 heterocycles. The van der Waals surface area contributed by atoms with E-state index >= 15 is 0 Å². The summed E-state index contributed by atoms with van der Waals surface area (Å²) in [4.78, 5) is 32.6. The maximum absolute atomic E-state index is 12.5. The molecule has 0 aliphatic carbocycles. The van der Waals surface area contributed by atoms with Gasteiger partial charge in [0.1, 0.15) is 5.60 Å². The van der Waals surface area contributed by atoms with Crippen LogP contribution in [0.2, 0.25) is 0 Å². The number of carbonyl (C=O) groups excluding carboxylic acids is 2. The molecule has 0 unspecified atom stereocenters. The van der Waals surface area contributed by atoms with Crippen LogP contribution in [-0.2, 0) is 16.0 Å². The highest BCUT2D eigenvalue weighted by molar-refractivity contribution is 5.76. The van der Waals surface area contributed by atoms with E-state index in [-0.39, 0.29) is 18.0 Å². The highest BCUT2D eigenvalue weighted by Gasteiger charge is 2.48. The number of amides is 2. The molecule has 2 aliphatic rings. The largest absolute Gasteiger partial charge is 0.441 e. The van der Waals surface area contributed by atoms with Crippen LogP contribution in [0.4, 0.5) is 4.79 Å². The SMILES string of the molecule is CCC[C@H](C)N1CC2(CCN(C(=O)CCc3cccnc3)CC2)OC1=O. The molecule has 0 saturated carbocycles. The molecule has 2 saturated heterocycles. The number of hydrogen-bond donors (Lipinski definition) is 0. The molecule has 1 atom stereocenters. The molecule has 1 aromatic heterocycles. The van der Waals surface area contributed by atoms with Gasteiger partial charge in [0.2, 0.25) is 5.91 Å². The first-order chi connectivity index (χ1) is 12.5. The molecular weight excluding hydrogens is 330 g/mol. The third-order valence-corrected chi connectivity index (χ3v) is 5.61. The molecule has 26 heavy (non-hydrogen) atoms. The minimum atomic E-state index is -0.404. The smallest absolute Gasteiger partial charge is 0.410 e. The third-order valence-electron chi connectivity index (χ3n) is 5.61. The number of ether oxygens (including phenoxy) is 1. The van der Waals surface area contributed by atoms with Crippen molar-refractivity contribution >= 4 is 12.0 Å². The lowest BCUT2D eigenvalue weighted by molar-refractivity contribution is -0.134. The Balaban J connectivity index is 1.49. The zero-order valence-electron chi connectivity index (χ0n) is 15.8. The van der Waals surface area contributed by atoms with Gasteiger partial charge < -0.3 is 14.5 Å². The zero-order chi connectivity index (χ0) is 18.6. The minimum Gasteiger partial charge on any atom is -0.441 e. The number of hydrogen-bond acceptors (Lipinski definition) is 4. The number of aromatic nitrogens is 1. The fourth-order valence-electron chi connectivity index (χ4n) is 3.94. The number of likely N-dealkylation sites (tertiary alicyclic amines) is 1. The number of carbonyl (C=O) groups is 2. The lowest BCUT2D eigenvalue weighted by Gasteiger charge is -2.37. The predicted octanol–water partition coefficient (Wildman–Crippen LogP) is 3.02. The van der Waals surface area contributed by atoms with Crippen LogP contribution in [0, 0.1) is 0 Å². The molecule has 0 bridgehead atoms. The van der Waals surface area contributed by atoms with Gasteiger partial charge in [-0.05, 0) is 31.4 Å². The number of nitrogens with zero attached hydrogens (tertiary/aromatic N) is 3. The van der Waals surface area contributed by atoms with E-state index in [9.17, 15) is 9.59 Å². The Hall–Kier alpha value is -2.11. The van der Waals surface area contributed by atoms with Gasteiger partial charge in [0.05, 0.1) is 6.54 Å². The van der Waals surface area contributed by atoms with Crippen LogP contribution in [-0.4, -0.2) is 58.1 Å². The van der Waals surface area contributed by atoms with Gasteiger partial charge in [-0.15, -0.1) is 0 Å². The van der Waals surface area contributed by atoms with Gasteiger partial charge in [-0.1, -0.05) is 19.4 Å². The van der Waals surface area contributed by atoms with E-state index < -0.39 is 5.60 Å². The molecule has 1 aromatic rings. The Bertz CT molecular complexity index is 626. The standard InChI is InChI=1S/C20H29N3O3/c1-3-5-16(2)23-15-20(26-19(23)25)9-12-22(13-10-20)18(24)8-7-17-6-4-11-21-14-17/h4,6,11,14,16H,3,5,7-10,12-13,15H2,1-2H3/t16-/m0/s1. The summed E-state index contributed by atoms with van der Waals surface area (Å²) in [5.41, 5.74) is 0.679. The van der Waals surface area contributed by atoms with Gasteiger partial charge >= 0.3 is 6.09 Å². The topological polar surface area (TPSA) is 62.7 Å². The van der Waals surface area contributed by atoms with Crippen molar-refractivity contribution in [3.63, 3.8) is 0 Å². The van der Waals surface area contributed by atoms with Crippen LogP contribution < -0.4 is 0 Å². The van der Waals surface area contributed by atoms with E-state index in [2.05, 4.69) is 18.8 Å². The van der Waals surface area contributed by atoms with Crippen molar-refractivity contribution in [2.24, 2.45) is 0 Å². The fraction of sp³-hybridized carbons (Fsp3) is 0.650. The Labute approximate surface area is 155 Å². The number of rotatable bonds is 6. The van der Waals surface area contributed by atoms with Gasteiger partial charge in [0.15, 0.2) is 0 Å². The van der Waals surface area contributed by atoms with Crippen LogP contribution in [0.15, 0.2) is 24.5 Å². The summed E-state index contributed by atoms with van der Waals surface area (Å²) in [5.74, 6) is 0.171. The normalized spacial score (nSPS) is 20.3. The molecule has 2 aliphatic heterocycles. The quantitative estimate of drug-likeness (QED) is 0.783. The van der Waals surface area contributed by atoms with Crippen molar-refractivity contribution in [1.82, 2.24) is 14.8 Å². The van der Waals surface area contributed by atoms with Gasteiger partial charge in [0.25, 0.3) is 0 Å². The van der Waals surface area contributed by atoms with E-state index in [0.29, 0.717) is 32.5 Å². The van der Waals surface area contributed by atoms with Crippen molar-refractivity contribution < 1.29 is 14.3 Å². The van der Waals surface area contributed by atoms with Crippen molar-refractivity contribution in [3.05, 3.63) is 30.1 Å². The van der Waals surface area contributed by atoms with Crippen LogP contribution in [0.25, 0.3) is 0 Å². The Morgan fingerprint density at radius 1 is 1.38 bits per heavy atom. The summed E-state index contributed by atoms with van der Waals surface area (Å²) in [6.45, 7) is 6.19. The molecule has 1 spiro atoms. The maximum atomic E-state index is 12.5. The van der Waals surface area contributed by atoms with E-state index in [1.807, 2.05) is 28.1 Å². The summed E-state index contributed by atoms with van der Waals surface area (Å²) in [6, 6.07) is 4.10. The zero-order valence-corrected chi connectivity index (χ0v) is 15.8. The summed E-state index contributed by atoms with van der Waals surface area (Å²) >= 11 is 0. The Morgan fingerprint density at radius 3 is 2.81 bits per heavy atom. The second-order valence-corrected chi connectivity index (χ2v) is 7.56. The van der Waals surface area contributed by atoms with Crippen LogP contribution in [0.1, 0.15) is 51.5 Å². The molecule has 142 valence electrons. The molecule has 3 rings (SSSR count). The summed E-state index contributed by atoms with van der Waals surface area (Å²) < 4.78 is 5.77. The summed E-state index contributed by atoms with van der Waals surface area (Å²) in [7, 11) is 0. The second-order valence-electron chi connectivity index (χ2n) is 7.56. The molecule has 2 amide bonds. The lowest BCUT2D eigenvalue weighted by atomic mass is 9.90. The molecule has 6 nitrogen and oxygen atoms in total. The van der Waals surface area contributed by atoms with Crippen molar-refractivity contribution in [1.29, 1.82) is 0 Å². The van der Waals surface area contributed by atoms with E-state index in [4.69, 9.17) is 4.74 Å². The van der Waals surface area contributed by atoms with Gasteiger partial charge in [0, 0.05) is 50.8 Å².